The minimum absolute atomic E-state index is 0.129. The molecule has 3 rings (SSSR count). The van der Waals surface area contributed by atoms with Crippen LogP contribution in [0.3, 0.4) is 0 Å². The predicted molar refractivity (Wildman–Crippen MR) is 99.3 cm³/mol. The van der Waals surface area contributed by atoms with E-state index in [0.29, 0.717) is 5.69 Å². The summed E-state index contributed by atoms with van der Waals surface area (Å²) in [5, 5.41) is 15.3. The first kappa shape index (κ1) is 17.1. The number of amides is 2. The maximum Gasteiger partial charge on any atom is 0.319 e. The van der Waals surface area contributed by atoms with Crippen LogP contribution in [0.15, 0.2) is 54.6 Å². The average molecular weight is 334 g/mol. The first-order chi connectivity index (χ1) is 12.2. The van der Waals surface area contributed by atoms with Gasteiger partial charge in [-0.2, -0.15) is 0 Å². The van der Waals surface area contributed by atoms with Crippen LogP contribution < -0.4 is 10.6 Å². The number of anilines is 1. The topological polar surface area (TPSA) is 61.4 Å². The number of hydrogen-bond acceptors (Lipinski definition) is 2. The number of aliphatic hydroxyl groups is 1. The van der Waals surface area contributed by atoms with Crippen LogP contribution in [0.4, 0.5) is 10.5 Å². The van der Waals surface area contributed by atoms with E-state index < -0.39 is 0 Å². The highest BCUT2D eigenvalue weighted by Crippen LogP contribution is 2.18. The van der Waals surface area contributed by atoms with E-state index in [4.69, 9.17) is 0 Å². The molecule has 0 heterocycles. The fourth-order valence-electron chi connectivity index (χ4n) is 2.91. The van der Waals surface area contributed by atoms with Crippen molar-refractivity contribution in [1.82, 2.24) is 5.32 Å². The Morgan fingerprint density at radius 1 is 0.920 bits per heavy atom. The lowest BCUT2D eigenvalue weighted by Gasteiger charge is -2.26. The molecule has 128 valence electrons. The normalized spacial score (nSPS) is 19.4. The van der Waals surface area contributed by atoms with Gasteiger partial charge in [-0.25, -0.2) is 4.79 Å². The van der Waals surface area contributed by atoms with E-state index in [1.165, 1.54) is 0 Å². The van der Waals surface area contributed by atoms with E-state index in [-0.39, 0.29) is 18.2 Å². The first-order valence-corrected chi connectivity index (χ1v) is 8.62. The Balaban J connectivity index is 1.58. The molecule has 0 saturated heterocycles. The highest BCUT2D eigenvalue weighted by Gasteiger charge is 2.20. The van der Waals surface area contributed by atoms with Crippen molar-refractivity contribution in [2.24, 2.45) is 0 Å². The standard InChI is InChI=1S/C21H22N2O2/c24-20-13-11-18(12-14-20)22-21(25)23-19-8-4-7-17(15-19)10-9-16-5-2-1-3-6-16/h1-8,15,18,20,24H,11-14H2,(H2,22,23,25). The fraction of sp³-hybridized carbons (Fsp3) is 0.286. The van der Waals surface area contributed by atoms with E-state index >= 15 is 0 Å². The molecular weight excluding hydrogens is 312 g/mol. The van der Waals surface area contributed by atoms with Crippen LogP contribution in [0, 0.1) is 11.8 Å². The molecule has 0 aliphatic heterocycles. The number of rotatable bonds is 2. The Hall–Kier alpha value is -2.77. The van der Waals surface area contributed by atoms with Gasteiger partial charge in [-0.3, -0.25) is 0 Å². The molecule has 0 bridgehead atoms. The molecule has 0 atom stereocenters. The monoisotopic (exact) mass is 334 g/mol. The van der Waals surface area contributed by atoms with Gasteiger partial charge < -0.3 is 15.7 Å². The third-order valence-corrected chi connectivity index (χ3v) is 4.28. The van der Waals surface area contributed by atoms with Crippen LogP contribution in [0.25, 0.3) is 0 Å². The first-order valence-electron chi connectivity index (χ1n) is 8.62. The number of carbonyl (C=O) groups excluding carboxylic acids is 1. The molecule has 25 heavy (non-hydrogen) atoms. The predicted octanol–water partition coefficient (Wildman–Crippen LogP) is 3.51. The molecule has 0 aromatic heterocycles. The summed E-state index contributed by atoms with van der Waals surface area (Å²) in [6.07, 6.45) is 2.90. The Morgan fingerprint density at radius 3 is 2.36 bits per heavy atom. The summed E-state index contributed by atoms with van der Waals surface area (Å²) in [6, 6.07) is 17.2. The van der Waals surface area contributed by atoms with Gasteiger partial charge in [-0.15, -0.1) is 0 Å². The van der Waals surface area contributed by atoms with Crippen molar-refractivity contribution in [2.75, 3.05) is 5.32 Å². The summed E-state index contributed by atoms with van der Waals surface area (Å²) >= 11 is 0. The van der Waals surface area contributed by atoms with Crippen molar-refractivity contribution in [3.63, 3.8) is 0 Å². The van der Waals surface area contributed by atoms with Gasteiger partial charge in [0, 0.05) is 22.9 Å². The minimum Gasteiger partial charge on any atom is -0.393 e. The summed E-state index contributed by atoms with van der Waals surface area (Å²) in [6.45, 7) is 0. The van der Waals surface area contributed by atoms with Crippen molar-refractivity contribution in [3.05, 3.63) is 65.7 Å². The van der Waals surface area contributed by atoms with Gasteiger partial charge in [0.05, 0.1) is 6.10 Å². The summed E-state index contributed by atoms with van der Waals surface area (Å²) in [4.78, 5) is 12.1. The highest BCUT2D eigenvalue weighted by atomic mass is 16.3. The molecule has 0 unspecified atom stereocenters. The molecule has 0 spiro atoms. The summed E-state index contributed by atoms with van der Waals surface area (Å²) < 4.78 is 0. The van der Waals surface area contributed by atoms with E-state index in [1.54, 1.807) is 0 Å². The number of aliphatic hydroxyl groups excluding tert-OH is 1. The lowest BCUT2D eigenvalue weighted by atomic mass is 9.93. The van der Waals surface area contributed by atoms with Crippen molar-refractivity contribution in [3.8, 4) is 11.8 Å². The smallest absolute Gasteiger partial charge is 0.319 e. The molecular formula is C21H22N2O2. The number of carbonyl (C=O) groups is 1. The van der Waals surface area contributed by atoms with Gasteiger partial charge in [0.1, 0.15) is 0 Å². The zero-order chi connectivity index (χ0) is 17.5. The van der Waals surface area contributed by atoms with Crippen molar-refractivity contribution >= 4 is 11.7 Å². The molecule has 4 nitrogen and oxygen atoms in total. The summed E-state index contributed by atoms with van der Waals surface area (Å²) in [7, 11) is 0. The maximum atomic E-state index is 12.1. The molecule has 4 heteroatoms. The van der Waals surface area contributed by atoms with E-state index in [9.17, 15) is 9.90 Å². The van der Waals surface area contributed by atoms with Crippen LogP contribution in [0.5, 0.6) is 0 Å². The van der Waals surface area contributed by atoms with Gasteiger partial charge in [-0.05, 0) is 56.0 Å². The van der Waals surface area contributed by atoms with Crippen LogP contribution >= 0.6 is 0 Å². The quantitative estimate of drug-likeness (QED) is 0.736. The van der Waals surface area contributed by atoms with Crippen molar-refractivity contribution in [1.29, 1.82) is 0 Å². The van der Waals surface area contributed by atoms with E-state index in [2.05, 4.69) is 22.5 Å². The second-order valence-electron chi connectivity index (χ2n) is 6.30. The second kappa shape index (κ2) is 8.36. The highest BCUT2D eigenvalue weighted by molar-refractivity contribution is 5.89. The molecule has 3 N–H and O–H groups in total. The van der Waals surface area contributed by atoms with Crippen molar-refractivity contribution in [2.45, 2.75) is 37.8 Å². The minimum atomic E-state index is -0.221. The Bertz CT molecular complexity index is 769. The van der Waals surface area contributed by atoms with E-state index in [1.807, 2.05) is 54.6 Å². The van der Waals surface area contributed by atoms with Gasteiger partial charge in [0.2, 0.25) is 0 Å². The van der Waals surface area contributed by atoms with Crippen molar-refractivity contribution < 1.29 is 9.90 Å². The summed E-state index contributed by atoms with van der Waals surface area (Å²) in [5.74, 6) is 6.22. The lowest BCUT2D eigenvalue weighted by molar-refractivity contribution is 0.118. The Labute approximate surface area is 148 Å². The number of hydrogen-bond donors (Lipinski definition) is 3. The van der Waals surface area contributed by atoms with Gasteiger partial charge in [0.25, 0.3) is 0 Å². The lowest BCUT2D eigenvalue weighted by Crippen LogP contribution is -2.40. The summed E-state index contributed by atoms with van der Waals surface area (Å²) in [5.41, 5.74) is 2.52. The largest absolute Gasteiger partial charge is 0.393 e. The number of benzene rings is 2. The van der Waals surface area contributed by atoms with Gasteiger partial charge in [0.15, 0.2) is 0 Å². The van der Waals surface area contributed by atoms with Crippen LogP contribution in [0.1, 0.15) is 36.8 Å². The average Bonchev–Trinajstić information content (AvgIpc) is 2.63. The SMILES string of the molecule is O=C(Nc1cccc(C#Cc2ccccc2)c1)NC1CCC(O)CC1. The van der Waals surface area contributed by atoms with Gasteiger partial charge >= 0.3 is 6.03 Å². The zero-order valence-corrected chi connectivity index (χ0v) is 14.0. The van der Waals surface area contributed by atoms with Crippen LogP contribution in [0.2, 0.25) is 0 Å². The van der Waals surface area contributed by atoms with Crippen LogP contribution in [-0.4, -0.2) is 23.3 Å². The third kappa shape index (κ3) is 5.37. The fourth-order valence-corrected chi connectivity index (χ4v) is 2.91. The molecule has 0 radical (unpaired) electrons. The molecule has 1 saturated carbocycles. The Kier molecular flexibility index (Phi) is 5.71. The number of urea groups is 1. The molecule has 2 aromatic rings. The van der Waals surface area contributed by atoms with E-state index in [0.717, 1.165) is 36.8 Å². The molecule has 1 fully saturated rings. The molecule has 2 aromatic carbocycles. The Morgan fingerprint density at radius 2 is 1.60 bits per heavy atom. The second-order valence-corrected chi connectivity index (χ2v) is 6.30. The molecule has 1 aliphatic carbocycles. The number of nitrogens with one attached hydrogen (secondary N) is 2. The van der Waals surface area contributed by atoms with Crippen LogP contribution in [-0.2, 0) is 0 Å². The zero-order valence-electron chi connectivity index (χ0n) is 14.0. The molecule has 2 amide bonds. The molecule has 1 aliphatic rings. The third-order valence-electron chi connectivity index (χ3n) is 4.28. The maximum absolute atomic E-state index is 12.1. The van der Waals surface area contributed by atoms with Gasteiger partial charge in [-0.1, -0.05) is 36.1 Å².